The van der Waals surface area contributed by atoms with Gasteiger partial charge in [-0.15, -0.1) is 0 Å². The highest BCUT2D eigenvalue weighted by molar-refractivity contribution is 6.33. The van der Waals surface area contributed by atoms with Crippen molar-refractivity contribution in [2.24, 2.45) is 0 Å². The molecule has 0 bridgehead atoms. The lowest BCUT2D eigenvalue weighted by Gasteiger charge is -2.27. The average Bonchev–Trinajstić information content (AvgIpc) is 2.97. The van der Waals surface area contributed by atoms with E-state index in [0.717, 1.165) is 5.69 Å². The predicted molar refractivity (Wildman–Crippen MR) is 81.5 cm³/mol. The second-order valence-electron chi connectivity index (χ2n) is 5.29. The molecule has 0 aromatic carbocycles. The van der Waals surface area contributed by atoms with E-state index in [4.69, 9.17) is 11.6 Å². The number of fused-ring (bicyclic) bond motifs is 1. The highest BCUT2D eigenvalue weighted by atomic mass is 35.5. The third kappa shape index (κ3) is 2.71. The first-order valence-corrected chi connectivity index (χ1v) is 7.61. The summed E-state index contributed by atoms with van der Waals surface area (Å²) in [5.41, 5.74) is 2.04. The molecule has 22 heavy (non-hydrogen) atoms. The van der Waals surface area contributed by atoms with Crippen molar-refractivity contribution in [1.82, 2.24) is 19.7 Å². The van der Waals surface area contributed by atoms with Crippen molar-refractivity contribution < 1.29 is 9.90 Å². The third-order valence-electron chi connectivity index (χ3n) is 3.83. The molecule has 3 rings (SSSR count). The minimum Gasteiger partial charge on any atom is -0.387 e. The maximum Gasteiger partial charge on any atom is 0.255 e. The van der Waals surface area contributed by atoms with Crippen molar-refractivity contribution in [3.05, 3.63) is 46.5 Å². The fraction of sp³-hybridized carbons (Fsp3) is 0.400. The van der Waals surface area contributed by atoms with Crippen molar-refractivity contribution in [2.75, 3.05) is 6.54 Å². The van der Waals surface area contributed by atoms with Gasteiger partial charge in [-0.25, -0.2) is 0 Å². The number of aromatic nitrogens is 3. The average molecular weight is 321 g/mol. The Balaban J connectivity index is 1.81. The molecule has 7 heteroatoms. The van der Waals surface area contributed by atoms with Gasteiger partial charge in [-0.3, -0.25) is 14.5 Å². The summed E-state index contributed by atoms with van der Waals surface area (Å²) >= 11 is 6.04. The van der Waals surface area contributed by atoms with Crippen LogP contribution >= 0.6 is 11.6 Å². The molecule has 0 radical (unpaired) electrons. The molecular formula is C15H17ClN4O2. The molecule has 0 aliphatic carbocycles. The lowest BCUT2D eigenvalue weighted by molar-refractivity contribution is 0.0705. The number of amides is 1. The summed E-state index contributed by atoms with van der Waals surface area (Å²) in [6.45, 7) is 3.54. The number of nitrogens with zero attached hydrogens (tertiary/aromatic N) is 4. The summed E-state index contributed by atoms with van der Waals surface area (Å²) in [7, 11) is 0. The Labute approximate surface area is 133 Å². The normalized spacial score (nSPS) is 15.5. The van der Waals surface area contributed by atoms with Gasteiger partial charge in [-0.1, -0.05) is 18.5 Å². The van der Waals surface area contributed by atoms with Crippen LogP contribution in [0.2, 0.25) is 5.02 Å². The number of aliphatic hydroxyl groups is 1. The van der Waals surface area contributed by atoms with Crippen LogP contribution < -0.4 is 0 Å². The minimum atomic E-state index is -0.558. The van der Waals surface area contributed by atoms with Crippen LogP contribution in [0, 0.1) is 0 Å². The smallest absolute Gasteiger partial charge is 0.255 e. The summed E-state index contributed by atoms with van der Waals surface area (Å²) in [5.74, 6) is -0.113. The molecule has 0 saturated heterocycles. The largest absolute Gasteiger partial charge is 0.387 e. The van der Waals surface area contributed by atoms with Crippen LogP contribution in [0.25, 0.3) is 0 Å². The Morgan fingerprint density at radius 3 is 3.05 bits per heavy atom. The van der Waals surface area contributed by atoms with E-state index in [0.29, 0.717) is 42.3 Å². The zero-order valence-electron chi connectivity index (χ0n) is 12.2. The molecule has 1 atom stereocenters. The quantitative estimate of drug-likeness (QED) is 0.939. The van der Waals surface area contributed by atoms with Crippen LogP contribution in [0.4, 0.5) is 0 Å². The molecule has 116 valence electrons. The summed E-state index contributed by atoms with van der Waals surface area (Å²) in [5, 5.41) is 14.6. The van der Waals surface area contributed by atoms with E-state index < -0.39 is 6.10 Å². The zero-order valence-corrected chi connectivity index (χ0v) is 13.0. The lowest BCUT2D eigenvalue weighted by atomic mass is 10.1. The Morgan fingerprint density at radius 2 is 2.32 bits per heavy atom. The van der Waals surface area contributed by atoms with Crippen LogP contribution in [-0.4, -0.2) is 37.2 Å². The molecule has 1 unspecified atom stereocenters. The van der Waals surface area contributed by atoms with Crippen LogP contribution in [0.1, 0.15) is 41.2 Å². The van der Waals surface area contributed by atoms with E-state index in [9.17, 15) is 9.90 Å². The zero-order chi connectivity index (χ0) is 15.7. The van der Waals surface area contributed by atoms with Crippen molar-refractivity contribution in [3.8, 4) is 0 Å². The molecule has 3 heterocycles. The van der Waals surface area contributed by atoms with Crippen molar-refractivity contribution in [3.63, 3.8) is 0 Å². The molecule has 0 saturated carbocycles. The molecule has 1 aliphatic rings. The van der Waals surface area contributed by atoms with Crippen LogP contribution in [0.15, 0.2) is 24.5 Å². The Hall–Kier alpha value is -1.92. The second kappa shape index (κ2) is 6.06. The SMILES string of the molecule is CCC(O)c1cc2n(n1)CCN(C(=O)c1ccncc1Cl)C2. The maximum atomic E-state index is 12.6. The molecule has 1 N–H and O–H groups in total. The van der Waals surface area contributed by atoms with E-state index in [1.165, 1.54) is 6.20 Å². The molecule has 0 spiro atoms. The second-order valence-corrected chi connectivity index (χ2v) is 5.70. The summed E-state index contributed by atoms with van der Waals surface area (Å²) in [4.78, 5) is 18.2. The van der Waals surface area contributed by atoms with Gasteiger partial charge in [0.2, 0.25) is 0 Å². The number of pyridine rings is 1. The van der Waals surface area contributed by atoms with Crippen LogP contribution in [-0.2, 0) is 13.1 Å². The molecule has 2 aromatic rings. The summed E-state index contributed by atoms with van der Waals surface area (Å²) in [6.07, 6.45) is 3.09. The molecule has 0 fully saturated rings. The molecule has 6 nitrogen and oxygen atoms in total. The Morgan fingerprint density at radius 1 is 1.50 bits per heavy atom. The predicted octanol–water partition coefficient (Wildman–Crippen LogP) is 2.03. The van der Waals surface area contributed by atoms with E-state index in [1.807, 2.05) is 17.7 Å². The summed E-state index contributed by atoms with van der Waals surface area (Å²) < 4.78 is 1.85. The van der Waals surface area contributed by atoms with Crippen LogP contribution in [0.5, 0.6) is 0 Å². The standard InChI is InChI=1S/C15H17ClN4O2/c1-2-14(21)13-7-10-9-19(5-6-20(10)18-13)15(22)11-3-4-17-8-12(11)16/h3-4,7-8,14,21H,2,5-6,9H2,1H3. The minimum absolute atomic E-state index is 0.113. The first-order valence-electron chi connectivity index (χ1n) is 7.23. The number of hydrogen-bond acceptors (Lipinski definition) is 4. The maximum absolute atomic E-state index is 12.6. The topological polar surface area (TPSA) is 71.2 Å². The van der Waals surface area contributed by atoms with E-state index in [2.05, 4.69) is 10.1 Å². The van der Waals surface area contributed by atoms with Gasteiger partial charge in [0.15, 0.2) is 0 Å². The van der Waals surface area contributed by atoms with E-state index in [1.54, 1.807) is 17.2 Å². The fourth-order valence-electron chi connectivity index (χ4n) is 2.55. The number of hydrogen-bond donors (Lipinski definition) is 1. The third-order valence-corrected chi connectivity index (χ3v) is 4.14. The van der Waals surface area contributed by atoms with Gasteiger partial charge in [0.1, 0.15) is 0 Å². The van der Waals surface area contributed by atoms with Gasteiger partial charge in [-0.05, 0) is 18.6 Å². The number of rotatable bonds is 3. The van der Waals surface area contributed by atoms with Crippen LogP contribution in [0.3, 0.4) is 0 Å². The number of halogens is 1. The van der Waals surface area contributed by atoms with Gasteiger partial charge in [-0.2, -0.15) is 5.10 Å². The molecule has 1 amide bonds. The number of carbonyl (C=O) groups is 1. The van der Waals surface area contributed by atoms with Gasteiger partial charge in [0.05, 0.1) is 41.2 Å². The van der Waals surface area contributed by atoms with E-state index >= 15 is 0 Å². The Kier molecular flexibility index (Phi) is 4.13. The first kappa shape index (κ1) is 15.0. The number of carbonyl (C=O) groups excluding carboxylic acids is 1. The van der Waals surface area contributed by atoms with Crippen molar-refractivity contribution >= 4 is 17.5 Å². The first-order chi connectivity index (χ1) is 10.6. The van der Waals surface area contributed by atoms with Gasteiger partial charge in [0.25, 0.3) is 5.91 Å². The van der Waals surface area contributed by atoms with Crippen molar-refractivity contribution in [2.45, 2.75) is 32.5 Å². The molecule has 2 aromatic heterocycles. The molecule has 1 aliphatic heterocycles. The monoisotopic (exact) mass is 320 g/mol. The summed E-state index contributed by atoms with van der Waals surface area (Å²) in [6, 6.07) is 3.49. The number of aliphatic hydroxyl groups excluding tert-OH is 1. The highest BCUT2D eigenvalue weighted by Crippen LogP contribution is 2.22. The Bertz CT molecular complexity index is 701. The van der Waals surface area contributed by atoms with Crippen molar-refractivity contribution in [1.29, 1.82) is 0 Å². The highest BCUT2D eigenvalue weighted by Gasteiger charge is 2.25. The molecular weight excluding hydrogens is 304 g/mol. The lowest BCUT2D eigenvalue weighted by Crippen LogP contribution is -2.38. The fourth-order valence-corrected chi connectivity index (χ4v) is 2.75. The van der Waals surface area contributed by atoms with E-state index in [-0.39, 0.29) is 5.91 Å². The van der Waals surface area contributed by atoms with Gasteiger partial charge in [0, 0.05) is 18.9 Å². The van der Waals surface area contributed by atoms with Gasteiger partial charge < -0.3 is 10.0 Å². The van der Waals surface area contributed by atoms with Gasteiger partial charge >= 0.3 is 0 Å².